The van der Waals surface area contributed by atoms with Crippen LogP contribution in [0, 0.1) is 5.92 Å². The average molecular weight is 241 g/mol. The molecule has 0 heterocycles. The average Bonchev–Trinajstić information content (AvgIpc) is 2.01. The monoisotopic (exact) mass is 240 g/mol. The lowest BCUT2D eigenvalue weighted by atomic mass is 9.79. The predicted molar refractivity (Wildman–Crippen MR) is 56.4 cm³/mol. The molecule has 1 saturated carbocycles. The molecule has 0 saturated heterocycles. The largest absolute Gasteiger partial charge is 0.388 e. The van der Waals surface area contributed by atoms with Gasteiger partial charge in [-0.15, -0.1) is 0 Å². The summed E-state index contributed by atoms with van der Waals surface area (Å²) in [5.74, 6) is 0.485. The Labute approximate surface area is 86.9 Å². The van der Waals surface area contributed by atoms with E-state index in [1.165, 1.54) is 19.3 Å². The van der Waals surface area contributed by atoms with Crippen LogP contribution >= 0.6 is 15.9 Å². The van der Waals surface area contributed by atoms with E-state index < -0.39 is 0 Å². The topological polar surface area (TPSA) is 20.2 Å². The molecule has 1 aliphatic carbocycles. The van der Waals surface area contributed by atoms with Gasteiger partial charge in [0.05, 0.1) is 6.10 Å². The van der Waals surface area contributed by atoms with Crippen LogP contribution in [0.25, 0.3) is 0 Å². The molecule has 0 spiro atoms. The summed E-state index contributed by atoms with van der Waals surface area (Å²) in [4.78, 5) is 0. The lowest BCUT2D eigenvalue weighted by molar-refractivity contribution is 0.0615. The molecule has 1 atom stereocenters. The van der Waals surface area contributed by atoms with E-state index in [1.54, 1.807) is 0 Å². The lowest BCUT2D eigenvalue weighted by Crippen LogP contribution is -2.20. The van der Waals surface area contributed by atoms with E-state index in [4.69, 9.17) is 0 Å². The predicted octanol–water partition coefficient (Wildman–Crippen LogP) is 3.28. The molecule has 70 valence electrons. The van der Waals surface area contributed by atoms with Crippen molar-refractivity contribution < 1.29 is 5.11 Å². The molecule has 0 bridgehead atoms. The van der Waals surface area contributed by atoms with Gasteiger partial charge in [0, 0.05) is 4.47 Å². The number of halogens is 1. The molecule has 1 aromatic rings. The molecule has 1 aliphatic rings. The van der Waals surface area contributed by atoms with Crippen LogP contribution in [0.2, 0.25) is 0 Å². The van der Waals surface area contributed by atoms with Crippen LogP contribution in [-0.2, 0) is 0 Å². The van der Waals surface area contributed by atoms with Gasteiger partial charge in [0.2, 0.25) is 0 Å². The van der Waals surface area contributed by atoms with Gasteiger partial charge in [-0.3, -0.25) is 0 Å². The third-order valence-electron chi connectivity index (χ3n) is 2.82. The molecule has 2 heteroatoms. The van der Waals surface area contributed by atoms with Gasteiger partial charge in [0.1, 0.15) is 0 Å². The SMILES string of the molecule is O[C@@H](c1ccccc1Br)C1CCC1. The summed E-state index contributed by atoms with van der Waals surface area (Å²) >= 11 is 3.46. The van der Waals surface area contributed by atoms with Crippen molar-refractivity contribution in [3.63, 3.8) is 0 Å². The van der Waals surface area contributed by atoms with Crippen molar-refractivity contribution >= 4 is 15.9 Å². The maximum Gasteiger partial charge on any atom is 0.0829 e. The van der Waals surface area contributed by atoms with Gasteiger partial charge >= 0.3 is 0 Å². The fraction of sp³-hybridized carbons (Fsp3) is 0.455. The quantitative estimate of drug-likeness (QED) is 0.842. The maximum atomic E-state index is 9.99. The highest BCUT2D eigenvalue weighted by atomic mass is 79.9. The molecule has 2 rings (SSSR count). The summed E-state index contributed by atoms with van der Waals surface area (Å²) < 4.78 is 1.02. The minimum absolute atomic E-state index is 0.274. The Hall–Kier alpha value is -0.340. The van der Waals surface area contributed by atoms with Crippen molar-refractivity contribution in [3.05, 3.63) is 34.3 Å². The van der Waals surface area contributed by atoms with E-state index in [0.717, 1.165) is 10.0 Å². The highest BCUT2D eigenvalue weighted by molar-refractivity contribution is 9.10. The highest BCUT2D eigenvalue weighted by Gasteiger charge is 2.27. The minimum atomic E-state index is -0.274. The van der Waals surface area contributed by atoms with E-state index in [0.29, 0.717) is 5.92 Å². The van der Waals surface area contributed by atoms with Gasteiger partial charge in [0.25, 0.3) is 0 Å². The number of hydrogen-bond donors (Lipinski definition) is 1. The molecule has 1 aromatic carbocycles. The summed E-state index contributed by atoms with van der Waals surface area (Å²) in [6, 6.07) is 7.92. The smallest absolute Gasteiger partial charge is 0.0829 e. The van der Waals surface area contributed by atoms with Crippen molar-refractivity contribution in [2.24, 2.45) is 5.92 Å². The molecule has 0 aliphatic heterocycles. The summed E-state index contributed by atoms with van der Waals surface area (Å²) in [5, 5.41) is 9.99. The fourth-order valence-electron chi connectivity index (χ4n) is 1.72. The fourth-order valence-corrected chi connectivity index (χ4v) is 2.24. The Balaban J connectivity index is 2.18. The molecule has 1 fully saturated rings. The molecular formula is C11H13BrO. The Morgan fingerprint density at radius 1 is 1.31 bits per heavy atom. The highest BCUT2D eigenvalue weighted by Crippen LogP contribution is 2.39. The third kappa shape index (κ3) is 1.79. The second kappa shape index (κ2) is 3.81. The van der Waals surface area contributed by atoms with E-state index in [1.807, 2.05) is 24.3 Å². The first-order valence-corrected chi connectivity index (χ1v) is 5.51. The van der Waals surface area contributed by atoms with Crippen LogP contribution in [0.4, 0.5) is 0 Å². The molecule has 1 nitrogen and oxygen atoms in total. The van der Waals surface area contributed by atoms with Crippen molar-refractivity contribution in [3.8, 4) is 0 Å². The van der Waals surface area contributed by atoms with Gasteiger partial charge in [-0.25, -0.2) is 0 Å². The first kappa shape index (κ1) is 9.22. The van der Waals surface area contributed by atoms with Crippen molar-refractivity contribution in [2.45, 2.75) is 25.4 Å². The van der Waals surface area contributed by atoms with Gasteiger partial charge in [0.15, 0.2) is 0 Å². The Kier molecular flexibility index (Phi) is 2.70. The van der Waals surface area contributed by atoms with Crippen LogP contribution in [0.1, 0.15) is 30.9 Å². The Morgan fingerprint density at radius 2 is 2.00 bits per heavy atom. The van der Waals surface area contributed by atoms with E-state index in [9.17, 15) is 5.11 Å². The summed E-state index contributed by atoms with van der Waals surface area (Å²) in [6.07, 6.45) is 3.33. The van der Waals surface area contributed by atoms with Crippen LogP contribution in [0.3, 0.4) is 0 Å². The van der Waals surface area contributed by atoms with Crippen LogP contribution < -0.4 is 0 Å². The van der Waals surface area contributed by atoms with Gasteiger partial charge in [-0.1, -0.05) is 40.5 Å². The number of rotatable bonds is 2. The normalized spacial score (nSPS) is 19.5. The summed E-state index contributed by atoms with van der Waals surface area (Å²) in [6.45, 7) is 0. The summed E-state index contributed by atoms with van der Waals surface area (Å²) in [5.41, 5.74) is 1.03. The molecule has 0 aromatic heterocycles. The van der Waals surface area contributed by atoms with Crippen LogP contribution in [0.5, 0.6) is 0 Å². The van der Waals surface area contributed by atoms with Gasteiger partial charge in [-0.2, -0.15) is 0 Å². The molecule has 13 heavy (non-hydrogen) atoms. The van der Waals surface area contributed by atoms with E-state index in [2.05, 4.69) is 15.9 Å². The van der Waals surface area contributed by atoms with E-state index >= 15 is 0 Å². The van der Waals surface area contributed by atoms with Crippen LogP contribution in [-0.4, -0.2) is 5.11 Å². The van der Waals surface area contributed by atoms with E-state index in [-0.39, 0.29) is 6.10 Å². The van der Waals surface area contributed by atoms with Crippen molar-refractivity contribution in [1.29, 1.82) is 0 Å². The number of aliphatic hydroxyl groups excluding tert-OH is 1. The second-order valence-electron chi connectivity index (χ2n) is 3.66. The lowest BCUT2D eigenvalue weighted by Gasteiger charge is -2.30. The number of benzene rings is 1. The molecule has 0 radical (unpaired) electrons. The molecule has 0 amide bonds. The first-order valence-electron chi connectivity index (χ1n) is 4.71. The number of aliphatic hydroxyl groups is 1. The second-order valence-corrected chi connectivity index (χ2v) is 4.51. The maximum absolute atomic E-state index is 9.99. The van der Waals surface area contributed by atoms with Gasteiger partial charge in [-0.05, 0) is 30.4 Å². The standard InChI is InChI=1S/C11H13BrO/c12-10-7-2-1-6-9(10)11(13)8-4-3-5-8/h1-2,6-8,11,13H,3-5H2/t11-/m1/s1. The molecule has 1 N–H and O–H groups in total. The Bertz CT molecular complexity index is 294. The number of hydrogen-bond acceptors (Lipinski definition) is 1. The van der Waals surface area contributed by atoms with Crippen molar-refractivity contribution in [2.75, 3.05) is 0 Å². The molecule has 0 unspecified atom stereocenters. The minimum Gasteiger partial charge on any atom is -0.388 e. The zero-order chi connectivity index (χ0) is 9.26. The zero-order valence-corrected chi connectivity index (χ0v) is 9.00. The molecular weight excluding hydrogens is 228 g/mol. The van der Waals surface area contributed by atoms with Gasteiger partial charge < -0.3 is 5.11 Å². The van der Waals surface area contributed by atoms with Crippen molar-refractivity contribution in [1.82, 2.24) is 0 Å². The zero-order valence-electron chi connectivity index (χ0n) is 7.41. The van der Waals surface area contributed by atoms with Crippen LogP contribution in [0.15, 0.2) is 28.7 Å². The summed E-state index contributed by atoms with van der Waals surface area (Å²) in [7, 11) is 0. The Morgan fingerprint density at radius 3 is 2.54 bits per heavy atom. The first-order chi connectivity index (χ1) is 6.29. The third-order valence-corrected chi connectivity index (χ3v) is 3.54.